The van der Waals surface area contributed by atoms with Gasteiger partial charge >= 0.3 is 0 Å². The molecule has 2 unspecified atom stereocenters. The molecule has 0 bridgehead atoms. The van der Waals surface area contributed by atoms with E-state index in [4.69, 9.17) is 4.84 Å². The van der Waals surface area contributed by atoms with E-state index in [-0.39, 0.29) is 12.0 Å². The first-order valence-corrected chi connectivity index (χ1v) is 7.41. The van der Waals surface area contributed by atoms with Crippen molar-refractivity contribution in [3.63, 3.8) is 0 Å². The summed E-state index contributed by atoms with van der Waals surface area (Å²) in [5, 5.41) is 4.29. The van der Waals surface area contributed by atoms with Gasteiger partial charge in [-0.3, -0.25) is 4.79 Å². The normalized spacial score (nSPS) is 32.6. The van der Waals surface area contributed by atoms with Gasteiger partial charge in [0.1, 0.15) is 6.10 Å². The van der Waals surface area contributed by atoms with E-state index in [0.717, 1.165) is 25.9 Å². The second-order valence-electron chi connectivity index (χ2n) is 6.06. The van der Waals surface area contributed by atoms with Crippen molar-refractivity contribution in [1.29, 1.82) is 0 Å². The Balaban J connectivity index is 1.50. The molecule has 0 radical (unpaired) electrons. The van der Waals surface area contributed by atoms with Crippen molar-refractivity contribution in [3.05, 3.63) is 0 Å². The highest BCUT2D eigenvalue weighted by Crippen LogP contribution is 2.25. The number of amides is 1. The second kappa shape index (κ2) is 5.49. The molecule has 19 heavy (non-hydrogen) atoms. The van der Waals surface area contributed by atoms with Gasteiger partial charge in [0.2, 0.25) is 5.91 Å². The van der Waals surface area contributed by atoms with Crippen molar-refractivity contribution in [2.75, 3.05) is 33.2 Å². The van der Waals surface area contributed by atoms with Gasteiger partial charge in [0, 0.05) is 31.8 Å². The molecule has 3 rings (SSSR count). The SMILES string of the molecule is CN1CCCC(C2=NOC(CN3CCCC3=O)C2)C1. The zero-order valence-electron chi connectivity index (χ0n) is 11.7. The number of nitrogens with zero attached hydrogens (tertiary/aromatic N) is 3. The lowest BCUT2D eigenvalue weighted by molar-refractivity contribution is -0.129. The number of rotatable bonds is 3. The second-order valence-corrected chi connectivity index (χ2v) is 6.06. The predicted molar refractivity (Wildman–Crippen MR) is 73.0 cm³/mol. The molecule has 2 saturated heterocycles. The maximum atomic E-state index is 11.6. The number of hydrogen-bond donors (Lipinski definition) is 0. The third-order valence-electron chi connectivity index (χ3n) is 4.45. The first kappa shape index (κ1) is 12.9. The number of carbonyl (C=O) groups excluding carboxylic acids is 1. The molecular formula is C14H23N3O2. The molecule has 0 N–H and O–H groups in total. The highest BCUT2D eigenvalue weighted by Gasteiger charge is 2.32. The largest absolute Gasteiger partial charge is 0.390 e. The van der Waals surface area contributed by atoms with Crippen LogP contribution in [0.1, 0.15) is 32.1 Å². The van der Waals surface area contributed by atoms with Gasteiger partial charge in [0.05, 0.1) is 12.3 Å². The molecule has 2 fully saturated rings. The van der Waals surface area contributed by atoms with Gasteiger partial charge in [-0.15, -0.1) is 0 Å². The Morgan fingerprint density at radius 3 is 3.00 bits per heavy atom. The van der Waals surface area contributed by atoms with E-state index < -0.39 is 0 Å². The summed E-state index contributed by atoms with van der Waals surface area (Å²) < 4.78 is 0. The van der Waals surface area contributed by atoms with Gasteiger partial charge in [0.15, 0.2) is 0 Å². The predicted octanol–water partition coefficient (Wildman–Crippen LogP) is 1.10. The number of carbonyl (C=O) groups is 1. The first-order valence-electron chi connectivity index (χ1n) is 7.41. The van der Waals surface area contributed by atoms with Crippen molar-refractivity contribution in [2.45, 2.75) is 38.2 Å². The van der Waals surface area contributed by atoms with E-state index in [2.05, 4.69) is 17.1 Å². The van der Waals surface area contributed by atoms with E-state index >= 15 is 0 Å². The van der Waals surface area contributed by atoms with E-state index in [1.165, 1.54) is 25.1 Å². The van der Waals surface area contributed by atoms with Crippen molar-refractivity contribution in [3.8, 4) is 0 Å². The van der Waals surface area contributed by atoms with Crippen LogP contribution in [0.5, 0.6) is 0 Å². The molecule has 3 aliphatic heterocycles. The molecule has 0 spiro atoms. The molecule has 0 aromatic heterocycles. The fourth-order valence-electron chi connectivity index (χ4n) is 3.37. The summed E-state index contributed by atoms with van der Waals surface area (Å²) in [5.74, 6) is 0.826. The molecule has 106 valence electrons. The van der Waals surface area contributed by atoms with Crippen LogP contribution in [-0.2, 0) is 9.63 Å². The van der Waals surface area contributed by atoms with Crippen LogP contribution in [0, 0.1) is 5.92 Å². The third-order valence-corrected chi connectivity index (χ3v) is 4.45. The Morgan fingerprint density at radius 2 is 2.26 bits per heavy atom. The van der Waals surface area contributed by atoms with Crippen molar-refractivity contribution >= 4 is 11.6 Å². The van der Waals surface area contributed by atoms with Crippen LogP contribution in [0.4, 0.5) is 0 Å². The fraction of sp³-hybridized carbons (Fsp3) is 0.857. The van der Waals surface area contributed by atoms with Crippen LogP contribution in [0.3, 0.4) is 0 Å². The van der Waals surface area contributed by atoms with E-state index in [0.29, 0.717) is 18.9 Å². The Kier molecular flexibility index (Phi) is 3.73. The zero-order valence-corrected chi connectivity index (χ0v) is 11.7. The molecule has 0 aromatic rings. The van der Waals surface area contributed by atoms with Crippen LogP contribution in [0.2, 0.25) is 0 Å². The lowest BCUT2D eigenvalue weighted by Gasteiger charge is -2.29. The van der Waals surface area contributed by atoms with Crippen molar-refractivity contribution in [2.24, 2.45) is 11.1 Å². The number of oxime groups is 1. The summed E-state index contributed by atoms with van der Waals surface area (Å²) in [6, 6.07) is 0. The Bertz CT molecular complexity index is 383. The summed E-state index contributed by atoms with van der Waals surface area (Å²) >= 11 is 0. The summed E-state index contributed by atoms with van der Waals surface area (Å²) in [7, 11) is 2.17. The number of likely N-dealkylation sites (tertiary alicyclic amines) is 2. The maximum absolute atomic E-state index is 11.6. The quantitative estimate of drug-likeness (QED) is 0.767. The molecule has 3 aliphatic rings. The number of piperidine rings is 1. The molecule has 0 saturated carbocycles. The topological polar surface area (TPSA) is 45.1 Å². The minimum atomic E-state index is 0.0873. The molecule has 1 amide bonds. The Labute approximate surface area is 114 Å². The lowest BCUT2D eigenvalue weighted by atomic mass is 9.91. The summed E-state index contributed by atoms with van der Waals surface area (Å²) in [6.07, 6.45) is 5.16. The Morgan fingerprint density at radius 1 is 1.37 bits per heavy atom. The Hall–Kier alpha value is -1.10. The molecule has 5 heteroatoms. The smallest absolute Gasteiger partial charge is 0.222 e. The van der Waals surface area contributed by atoms with Gasteiger partial charge < -0.3 is 14.6 Å². The van der Waals surface area contributed by atoms with Gasteiger partial charge in [-0.1, -0.05) is 5.16 Å². The maximum Gasteiger partial charge on any atom is 0.222 e. The third kappa shape index (κ3) is 2.91. The van der Waals surface area contributed by atoms with E-state index in [1.807, 2.05) is 4.90 Å². The fourth-order valence-corrected chi connectivity index (χ4v) is 3.37. The highest BCUT2D eigenvalue weighted by atomic mass is 16.6. The summed E-state index contributed by atoms with van der Waals surface area (Å²) in [4.78, 5) is 21.5. The summed E-state index contributed by atoms with van der Waals surface area (Å²) in [5.41, 5.74) is 1.21. The summed E-state index contributed by atoms with van der Waals surface area (Å²) in [6.45, 7) is 3.89. The van der Waals surface area contributed by atoms with Gasteiger partial charge in [-0.25, -0.2) is 0 Å². The molecular weight excluding hydrogens is 242 g/mol. The number of hydrogen-bond acceptors (Lipinski definition) is 4. The van der Waals surface area contributed by atoms with Crippen molar-refractivity contribution in [1.82, 2.24) is 9.80 Å². The van der Waals surface area contributed by atoms with Crippen LogP contribution < -0.4 is 0 Å². The van der Waals surface area contributed by atoms with Crippen molar-refractivity contribution < 1.29 is 9.63 Å². The highest BCUT2D eigenvalue weighted by molar-refractivity contribution is 5.88. The van der Waals surface area contributed by atoms with Gasteiger partial charge in [-0.2, -0.15) is 0 Å². The van der Waals surface area contributed by atoms with Crippen LogP contribution in [0.25, 0.3) is 0 Å². The van der Waals surface area contributed by atoms with E-state index in [1.54, 1.807) is 0 Å². The van der Waals surface area contributed by atoms with E-state index in [9.17, 15) is 4.79 Å². The molecule has 0 aliphatic carbocycles. The molecule has 5 nitrogen and oxygen atoms in total. The average Bonchev–Trinajstić information content (AvgIpc) is 3.00. The van der Waals surface area contributed by atoms with Crippen LogP contribution >= 0.6 is 0 Å². The zero-order chi connectivity index (χ0) is 13.2. The van der Waals surface area contributed by atoms with Crippen LogP contribution in [-0.4, -0.2) is 60.7 Å². The minimum Gasteiger partial charge on any atom is -0.390 e. The van der Waals surface area contributed by atoms with Gasteiger partial charge in [0.25, 0.3) is 0 Å². The van der Waals surface area contributed by atoms with Gasteiger partial charge in [-0.05, 0) is 32.9 Å². The first-order chi connectivity index (χ1) is 9.22. The molecule has 0 aromatic carbocycles. The lowest BCUT2D eigenvalue weighted by Crippen LogP contribution is -2.37. The average molecular weight is 265 g/mol. The standard InChI is InChI=1S/C14H23N3O2/c1-16-6-2-4-11(9-16)13-8-12(19-15-13)10-17-7-3-5-14(17)18/h11-12H,2-10H2,1H3. The van der Waals surface area contributed by atoms with Crippen LogP contribution in [0.15, 0.2) is 5.16 Å². The molecule has 2 atom stereocenters. The monoisotopic (exact) mass is 265 g/mol. The minimum absolute atomic E-state index is 0.0873. The molecule has 3 heterocycles.